The fourth-order valence-electron chi connectivity index (χ4n) is 9.99. The fraction of sp³-hybridized carbons (Fsp3) is 0.431. The van der Waals surface area contributed by atoms with E-state index in [1.807, 2.05) is 38.1 Å². The van der Waals surface area contributed by atoms with Crippen LogP contribution in [0.1, 0.15) is 97.3 Å². The summed E-state index contributed by atoms with van der Waals surface area (Å²) in [7, 11) is 3.27. The largest absolute Gasteiger partial charge is 0.493 e. The van der Waals surface area contributed by atoms with Crippen molar-refractivity contribution >= 4 is 46.5 Å². The lowest BCUT2D eigenvalue weighted by Gasteiger charge is -2.38. The molecular weight excluding hydrogens is 870 g/mol. The number of hydrogen-bond acceptors (Lipinski definition) is 13. The summed E-state index contributed by atoms with van der Waals surface area (Å²) in [5.74, 6) is 0.635. The third-order valence-electron chi connectivity index (χ3n) is 13.7. The summed E-state index contributed by atoms with van der Waals surface area (Å²) in [5.41, 5.74) is 2.12. The Bertz CT molecular complexity index is 2720. The number of carbonyl (C=O) groups is 4. The highest BCUT2D eigenvalue weighted by atomic mass is 19.1. The number of fused-ring (bicyclic) bond motifs is 2. The van der Waals surface area contributed by atoms with Crippen LogP contribution in [-0.2, 0) is 22.1 Å². The average molecular weight is 928 g/mol. The van der Waals surface area contributed by atoms with Gasteiger partial charge in [0.15, 0.2) is 23.1 Å². The second-order valence-corrected chi connectivity index (χ2v) is 17.8. The van der Waals surface area contributed by atoms with Crippen LogP contribution < -0.4 is 29.3 Å². The molecule has 2 fully saturated rings. The van der Waals surface area contributed by atoms with Gasteiger partial charge in [-0.3, -0.25) is 39.0 Å². The highest BCUT2D eigenvalue weighted by molar-refractivity contribution is 6.23. The molecule has 0 radical (unpaired) electrons. The molecule has 2 unspecified atom stereocenters. The number of piperidine rings is 1. The van der Waals surface area contributed by atoms with E-state index >= 15 is 4.39 Å². The van der Waals surface area contributed by atoms with Gasteiger partial charge in [-0.2, -0.15) is 10.4 Å². The van der Waals surface area contributed by atoms with E-state index in [1.54, 1.807) is 62.3 Å². The molecule has 3 aromatic carbocycles. The van der Waals surface area contributed by atoms with Gasteiger partial charge >= 0.3 is 0 Å². The molecule has 3 aliphatic rings. The van der Waals surface area contributed by atoms with E-state index in [0.29, 0.717) is 95.7 Å². The molecule has 4 amide bonds. The zero-order valence-corrected chi connectivity index (χ0v) is 39.3. The van der Waals surface area contributed by atoms with Crippen molar-refractivity contribution in [2.75, 3.05) is 69.3 Å². The van der Waals surface area contributed by atoms with Crippen LogP contribution >= 0.6 is 0 Å². The molecule has 8 rings (SSSR count). The van der Waals surface area contributed by atoms with E-state index < -0.39 is 35.0 Å². The molecule has 0 aliphatic carbocycles. The molecule has 2 aromatic heterocycles. The summed E-state index contributed by atoms with van der Waals surface area (Å²) in [5, 5.41) is 17.1. The van der Waals surface area contributed by atoms with Gasteiger partial charge in [-0.15, -0.1) is 0 Å². The number of hydrogen-bond donors (Lipinski definition) is 1. The molecule has 1 N–H and O–H groups in total. The highest BCUT2D eigenvalue weighted by Gasteiger charge is 2.44. The van der Waals surface area contributed by atoms with Gasteiger partial charge in [0, 0.05) is 69.7 Å². The minimum Gasteiger partial charge on any atom is -0.493 e. The van der Waals surface area contributed by atoms with Gasteiger partial charge in [0.2, 0.25) is 12.3 Å². The number of pyridine rings is 1. The third-order valence-corrected chi connectivity index (χ3v) is 13.7. The van der Waals surface area contributed by atoms with E-state index in [2.05, 4.69) is 36.2 Å². The zero-order chi connectivity index (χ0) is 48.1. The van der Waals surface area contributed by atoms with Gasteiger partial charge in [-0.25, -0.2) is 9.37 Å². The van der Waals surface area contributed by atoms with Crippen molar-refractivity contribution in [3.63, 3.8) is 0 Å². The van der Waals surface area contributed by atoms with Crippen molar-refractivity contribution in [3.8, 4) is 29.1 Å². The minimum absolute atomic E-state index is 0.0413. The summed E-state index contributed by atoms with van der Waals surface area (Å²) < 4.78 is 34.5. The Morgan fingerprint density at radius 1 is 0.971 bits per heavy atom. The van der Waals surface area contributed by atoms with Crippen LogP contribution in [0, 0.1) is 23.1 Å². The maximum atomic E-state index is 15.6. The Balaban J connectivity index is 0.831. The van der Waals surface area contributed by atoms with Gasteiger partial charge in [0.25, 0.3) is 11.8 Å². The predicted molar refractivity (Wildman–Crippen MR) is 254 cm³/mol. The first kappa shape index (κ1) is 47.4. The van der Waals surface area contributed by atoms with Crippen molar-refractivity contribution in [3.05, 3.63) is 95.1 Å². The standard InChI is InChI=1S/C51H58FN9O7/c1-6-19-51(3,50(65)55-32-62)46-38-30-39(52)43(31-41(38)57(4)56-46)68-36-11-9-35(10-12-36)59-23-17-33(18-24-59)16-22-58-25-27-60(28-26-58)47-45-37(15-21-54-47)48(63)61(49(45)64)40(14-20-53)34-8-13-42(66-5)44(29-34)67-7-2/h8-13,15,21,29-33,40H,6-7,14,16-19,22-28H2,1-5H3,(H,55,62,65). The van der Waals surface area contributed by atoms with Crippen LogP contribution in [0.5, 0.6) is 23.0 Å². The van der Waals surface area contributed by atoms with Crippen LogP contribution in [0.4, 0.5) is 15.9 Å². The Morgan fingerprint density at radius 2 is 1.72 bits per heavy atom. The lowest BCUT2D eigenvalue weighted by atomic mass is 9.80. The smallest absolute Gasteiger partial charge is 0.265 e. The predicted octanol–water partition coefficient (Wildman–Crippen LogP) is 7.32. The number of nitriles is 1. The molecule has 68 heavy (non-hydrogen) atoms. The number of aromatic nitrogens is 3. The first-order valence-corrected chi connectivity index (χ1v) is 23.4. The SMILES string of the molecule is CCCC(C)(C(=O)NC=O)c1nn(C)c2cc(Oc3ccc(N4CCC(CCN5CCN(c6nccc7c6C(=O)N(C(CC#N)c6ccc(OC)c(OCC)c6)C7=O)CC5)CC4)cc3)c(F)cc12. The summed E-state index contributed by atoms with van der Waals surface area (Å²) in [6.45, 7) is 11.6. The number of nitrogens with zero attached hydrogens (tertiary/aromatic N) is 8. The van der Waals surface area contributed by atoms with Gasteiger partial charge in [-0.1, -0.05) is 19.4 Å². The average Bonchev–Trinajstić information content (AvgIpc) is 3.81. The molecule has 16 nitrogen and oxygen atoms in total. The van der Waals surface area contributed by atoms with E-state index in [-0.39, 0.29) is 17.7 Å². The molecule has 0 saturated carbocycles. The normalized spacial score (nSPS) is 16.9. The van der Waals surface area contributed by atoms with Crippen molar-refractivity contribution in [2.24, 2.45) is 13.0 Å². The number of methoxy groups -OCH3 is 1. The molecule has 2 saturated heterocycles. The lowest BCUT2D eigenvalue weighted by molar-refractivity contribution is -0.129. The number of halogens is 1. The summed E-state index contributed by atoms with van der Waals surface area (Å²) in [6.07, 6.45) is 6.14. The summed E-state index contributed by atoms with van der Waals surface area (Å²) in [6, 6.07) is 18.8. The Hall–Kier alpha value is -7.06. The molecular formula is C51H58FN9O7. The van der Waals surface area contributed by atoms with Crippen molar-refractivity contribution in [2.45, 2.75) is 70.8 Å². The summed E-state index contributed by atoms with van der Waals surface area (Å²) >= 11 is 0. The second kappa shape index (κ2) is 20.4. The molecule has 5 aromatic rings. The van der Waals surface area contributed by atoms with Gasteiger partial charge in [0.1, 0.15) is 11.6 Å². The number of imide groups is 2. The van der Waals surface area contributed by atoms with Gasteiger partial charge in [0.05, 0.1) is 60.0 Å². The number of aryl methyl sites for hydroxylation is 1. The topological polar surface area (TPSA) is 175 Å². The number of ether oxygens (including phenoxy) is 3. The van der Waals surface area contributed by atoms with Crippen molar-refractivity contribution in [1.29, 1.82) is 5.26 Å². The van der Waals surface area contributed by atoms with Gasteiger partial charge < -0.3 is 24.0 Å². The monoisotopic (exact) mass is 927 g/mol. The number of nitrogens with one attached hydrogen (secondary N) is 1. The Morgan fingerprint density at radius 3 is 2.40 bits per heavy atom. The molecule has 3 aliphatic heterocycles. The first-order valence-electron chi connectivity index (χ1n) is 23.4. The first-order chi connectivity index (χ1) is 32.9. The quantitative estimate of drug-likeness (QED) is 0.0685. The van der Waals surface area contributed by atoms with Crippen LogP contribution in [-0.4, -0.2) is 108 Å². The number of amides is 4. The molecule has 5 heterocycles. The number of carbonyl (C=O) groups excluding carboxylic acids is 4. The molecule has 17 heteroatoms. The Kier molecular flexibility index (Phi) is 14.3. The summed E-state index contributed by atoms with van der Waals surface area (Å²) in [4.78, 5) is 64.9. The maximum absolute atomic E-state index is 15.6. The third kappa shape index (κ3) is 9.29. The van der Waals surface area contributed by atoms with Gasteiger partial charge in [-0.05, 0) is 106 Å². The highest BCUT2D eigenvalue weighted by Crippen LogP contribution is 2.41. The molecule has 2 atom stereocenters. The van der Waals surface area contributed by atoms with Crippen molar-refractivity contribution in [1.82, 2.24) is 29.9 Å². The van der Waals surface area contributed by atoms with E-state index in [4.69, 9.17) is 14.2 Å². The molecule has 0 bridgehead atoms. The lowest BCUT2D eigenvalue weighted by Crippen LogP contribution is -2.48. The number of rotatable bonds is 18. The Labute approximate surface area is 395 Å². The zero-order valence-electron chi connectivity index (χ0n) is 39.3. The van der Waals surface area contributed by atoms with E-state index in [0.717, 1.165) is 57.7 Å². The molecule has 356 valence electrons. The fourth-order valence-corrected chi connectivity index (χ4v) is 9.99. The van der Waals surface area contributed by atoms with E-state index in [9.17, 15) is 24.4 Å². The maximum Gasteiger partial charge on any atom is 0.265 e. The van der Waals surface area contributed by atoms with Crippen LogP contribution in [0.3, 0.4) is 0 Å². The number of piperazine rings is 1. The number of anilines is 2. The van der Waals surface area contributed by atoms with Crippen LogP contribution in [0.25, 0.3) is 10.9 Å². The van der Waals surface area contributed by atoms with Crippen LogP contribution in [0.2, 0.25) is 0 Å². The van der Waals surface area contributed by atoms with Crippen molar-refractivity contribution < 1.29 is 37.8 Å². The number of benzene rings is 3. The van der Waals surface area contributed by atoms with Crippen LogP contribution in [0.15, 0.2) is 66.9 Å². The molecule has 0 spiro atoms. The van der Waals surface area contributed by atoms with E-state index in [1.165, 1.54) is 11.0 Å². The minimum atomic E-state index is -1.13. The second-order valence-electron chi connectivity index (χ2n) is 17.8.